The number of carbonyl (C=O) groups excluding carboxylic acids is 2. The Bertz CT molecular complexity index is 1090. The van der Waals surface area contributed by atoms with E-state index in [1.54, 1.807) is 41.9 Å². The van der Waals surface area contributed by atoms with Crippen LogP contribution < -0.4 is 5.32 Å². The zero-order valence-corrected chi connectivity index (χ0v) is 18.1. The summed E-state index contributed by atoms with van der Waals surface area (Å²) in [7, 11) is 1.63. The molecule has 3 N–H and O–H groups in total. The number of hydrogen-bond acceptors (Lipinski definition) is 6. The lowest BCUT2D eigenvalue weighted by molar-refractivity contribution is -0.137. The fourth-order valence-electron chi connectivity index (χ4n) is 3.69. The summed E-state index contributed by atoms with van der Waals surface area (Å²) in [6.07, 6.45) is 2.53. The van der Waals surface area contributed by atoms with Crippen molar-refractivity contribution < 1.29 is 19.2 Å². The monoisotopic (exact) mass is 441 g/mol. The molecular formula is C21H23N5O4S. The molecule has 0 unspecified atom stereocenters. The molecule has 10 heteroatoms. The van der Waals surface area contributed by atoms with E-state index in [9.17, 15) is 19.2 Å². The van der Waals surface area contributed by atoms with E-state index in [1.807, 2.05) is 0 Å². The van der Waals surface area contributed by atoms with Gasteiger partial charge in [-0.25, -0.2) is 0 Å². The number of hydrogen-bond donors (Lipinski definition) is 3. The van der Waals surface area contributed by atoms with Crippen LogP contribution in [0.5, 0.6) is 0 Å². The van der Waals surface area contributed by atoms with Gasteiger partial charge < -0.3 is 19.9 Å². The normalized spacial score (nSPS) is 21.9. The standard InChI is InChI=1S/C21H23N5O4S/c1-25-11-9-21(29,20(25)28)8-6-14-4-3-5-15(12-14)22-19(27)18-16-13-26(31(2)30)10-7-17(16)23-24-18/h3-5,12,29H,7,9-11,13H2,1-2H3,(H,22,27)(H,23,24)/t21-,31+/m0/s1. The second-order valence-corrected chi connectivity index (χ2v) is 9.05. The van der Waals surface area contributed by atoms with Crippen molar-refractivity contribution in [1.82, 2.24) is 19.4 Å². The van der Waals surface area contributed by atoms with E-state index in [2.05, 4.69) is 27.4 Å². The molecule has 2 amide bonds. The van der Waals surface area contributed by atoms with E-state index in [-0.39, 0.29) is 18.0 Å². The van der Waals surface area contributed by atoms with E-state index in [1.165, 1.54) is 4.90 Å². The zero-order chi connectivity index (χ0) is 22.2. The number of carbonyl (C=O) groups is 2. The first-order valence-electron chi connectivity index (χ1n) is 9.84. The Labute approximate surface area is 183 Å². The molecule has 0 saturated carbocycles. The first-order chi connectivity index (χ1) is 14.8. The van der Waals surface area contributed by atoms with Crippen LogP contribution in [0, 0.1) is 11.8 Å². The maximum absolute atomic E-state index is 12.8. The first-order valence-corrected chi connectivity index (χ1v) is 11.4. The van der Waals surface area contributed by atoms with Crippen molar-refractivity contribution in [3.05, 3.63) is 46.8 Å². The Kier molecular flexibility index (Phi) is 5.77. The molecular weight excluding hydrogens is 418 g/mol. The van der Waals surface area contributed by atoms with Gasteiger partial charge in [-0.1, -0.05) is 17.9 Å². The molecule has 9 nitrogen and oxygen atoms in total. The highest BCUT2D eigenvalue weighted by atomic mass is 32.2. The van der Waals surface area contributed by atoms with Gasteiger partial charge in [0.2, 0.25) is 5.60 Å². The lowest BCUT2D eigenvalue weighted by atomic mass is 10.0. The maximum Gasteiger partial charge on any atom is 0.276 e. The average Bonchev–Trinajstić information content (AvgIpc) is 3.29. The van der Waals surface area contributed by atoms with Crippen molar-refractivity contribution in [2.45, 2.75) is 25.0 Å². The fraction of sp³-hybridized carbons (Fsp3) is 0.381. The molecule has 1 fully saturated rings. The highest BCUT2D eigenvalue weighted by molar-refractivity contribution is 7.88. The second-order valence-electron chi connectivity index (χ2n) is 7.69. The molecule has 1 aromatic heterocycles. The second kappa shape index (κ2) is 8.36. The average molecular weight is 442 g/mol. The summed E-state index contributed by atoms with van der Waals surface area (Å²) >= 11 is -1.12. The molecule has 1 aromatic carbocycles. The number of aliphatic hydroxyl groups is 1. The molecule has 0 radical (unpaired) electrons. The summed E-state index contributed by atoms with van der Waals surface area (Å²) in [4.78, 5) is 26.3. The number of nitrogens with zero attached hydrogens (tertiary/aromatic N) is 3. The van der Waals surface area contributed by atoms with Crippen molar-refractivity contribution in [1.29, 1.82) is 0 Å². The minimum absolute atomic E-state index is 0.260. The predicted octanol–water partition coefficient (Wildman–Crippen LogP) is 0.258. The van der Waals surface area contributed by atoms with Gasteiger partial charge in [0.15, 0.2) is 5.69 Å². The van der Waals surface area contributed by atoms with E-state index in [0.717, 1.165) is 11.3 Å². The SMILES string of the molecule is CN1CC[C@@](O)(C#Cc2cccc(NC(=O)c3n[nH]c4c3CN([S@@+](C)[O-])CC4)c2)C1=O. The Balaban J connectivity index is 1.50. The van der Waals surface area contributed by atoms with Gasteiger partial charge in [0.05, 0.1) is 13.1 Å². The van der Waals surface area contributed by atoms with Crippen molar-refractivity contribution in [3.8, 4) is 11.8 Å². The number of amides is 2. The van der Waals surface area contributed by atoms with Gasteiger partial charge in [-0.15, -0.1) is 4.31 Å². The quantitative estimate of drug-likeness (QED) is 0.464. The van der Waals surface area contributed by atoms with Gasteiger partial charge in [0.1, 0.15) is 6.26 Å². The Morgan fingerprint density at radius 3 is 2.94 bits per heavy atom. The summed E-state index contributed by atoms with van der Waals surface area (Å²) < 4.78 is 13.6. The molecule has 162 valence electrons. The number of aromatic nitrogens is 2. The van der Waals surface area contributed by atoms with Crippen LogP contribution in [0.1, 0.15) is 33.7 Å². The Hall–Kier alpha value is -2.84. The molecule has 0 spiro atoms. The molecule has 2 aliphatic rings. The number of fused-ring (bicyclic) bond motifs is 1. The summed E-state index contributed by atoms with van der Waals surface area (Å²) in [6, 6.07) is 6.86. The molecule has 3 heterocycles. The summed E-state index contributed by atoms with van der Waals surface area (Å²) in [6.45, 7) is 1.49. The van der Waals surface area contributed by atoms with E-state index in [4.69, 9.17) is 0 Å². The third-order valence-electron chi connectivity index (χ3n) is 5.52. The number of nitrogens with one attached hydrogen (secondary N) is 2. The van der Waals surface area contributed by atoms with E-state index >= 15 is 0 Å². The van der Waals surface area contributed by atoms with Crippen LogP contribution in [0.25, 0.3) is 0 Å². The van der Waals surface area contributed by atoms with Crippen LogP contribution in [0.4, 0.5) is 5.69 Å². The van der Waals surface area contributed by atoms with Crippen LogP contribution in [-0.2, 0) is 29.1 Å². The zero-order valence-electron chi connectivity index (χ0n) is 17.3. The number of anilines is 1. The Morgan fingerprint density at radius 1 is 1.42 bits per heavy atom. The number of H-pyrrole nitrogens is 1. The van der Waals surface area contributed by atoms with Crippen molar-refractivity contribution >= 4 is 28.9 Å². The third kappa shape index (κ3) is 4.31. The van der Waals surface area contributed by atoms with Crippen molar-refractivity contribution in [3.63, 3.8) is 0 Å². The minimum Gasteiger partial charge on any atom is -0.598 e. The van der Waals surface area contributed by atoms with Crippen LogP contribution in [0.15, 0.2) is 24.3 Å². The summed E-state index contributed by atoms with van der Waals surface area (Å²) in [5.74, 6) is 4.72. The maximum atomic E-state index is 12.8. The predicted molar refractivity (Wildman–Crippen MR) is 115 cm³/mol. The highest BCUT2D eigenvalue weighted by Gasteiger charge is 2.42. The highest BCUT2D eigenvalue weighted by Crippen LogP contribution is 2.24. The van der Waals surface area contributed by atoms with Crippen LogP contribution >= 0.6 is 0 Å². The van der Waals surface area contributed by atoms with Gasteiger partial charge in [0.25, 0.3) is 11.8 Å². The Morgan fingerprint density at radius 2 is 2.23 bits per heavy atom. The molecule has 2 aromatic rings. The molecule has 0 bridgehead atoms. The van der Waals surface area contributed by atoms with Crippen molar-refractivity contribution in [2.75, 3.05) is 31.7 Å². The van der Waals surface area contributed by atoms with Crippen LogP contribution in [0.3, 0.4) is 0 Å². The number of rotatable bonds is 3. The first kappa shape index (κ1) is 21.4. The van der Waals surface area contributed by atoms with Gasteiger partial charge in [0, 0.05) is 60.3 Å². The molecule has 4 rings (SSSR count). The topological polar surface area (TPSA) is 125 Å². The lowest BCUT2D eigenvalue weighted by Crippen LogP contribution is -2.37. The number of likely N-dealkylation sites (N-methyl/N-ethyl adjacent to an activating group) is 1. The summed E-state index contributed by atoms with van der Waals surface area (Å²) in [5, 5.41) is 20.3. The molecule has 2 atom stereocenters. The third-order valence-corrected chi connectivity index (χ3v) is 6.56. The summed E-state index contributed by atoms with van der Waals surface area (Å²) in [5.41, 5.74) is 1.31. The van der Waals surface area contributed by atoms with Crippen LogP contribution in [0.2, 0.25) is 0 Å². The molecule has 2 aliphatic heterocycles. The molecule has 0 aliphatic carbocycles. The van der Waals surface area contributed by atoms with Crippen molar-refractivity contribution in [2.24, 2.45) is 0 Å². The minimum atomic E-state index is -1.67. The lowest BCUT2D eigenvalue weighted by Gasteiger charge is -2.25. The van der Waals surface area contributed by atoms with Gasteiger partial charge in [-0.2, -0.15) is 5.10 Å². The number of benzene rings is 1. The number of aromatic amines is 1. The smallest absolute Gasteiger partial charge is 0.276 e. The van der Waals surface area contributed by atoms with Gasteiger partial charge >= 0.3 is 0 Å². The molecule has 31 heavy (non-hydrogen) atoms. The van der Waals surface area contributed by atoms with E-state index in [0.29, 0.717) is 37.3 Å². The van der Waals surface area contributed by atoms with E-state index < -0.39 is 22.9 Å². The van der Waals surface area contributed by atoms with Crippen LogP contribution in [-0.4, -0.2) is 72.9 Å². The van der Waals surface area contributed by atoms with Gasteiger partial charge in [-0.05, 0) is 18.2 Å². The largest absolute Gasteiger partial charge is 0.598 e. The molecule has 1 saturated heterocycles. The van der Waals surface area contributed by atoms with Gasteiger partial charge in [-0.3, -0.25) is 14.7 Å². The fourth-order valence-corrected chi connectivity index (χ4v) is 4.35. The number of likely N-dealkylation sites (tertiary alicyclic amines) is 1.